The van der Waals surface area contributed by atoms with E-state index in [0.29, 0.717) is 24.2 Å². The summed E-state index contributed by atoms with van der Waals surface area (Å²) < 4.78 is 10.5. The molecule has 0 unspecified atom stereocenters. The van der Waals surface area contributed by atoms with Crippen molar-refractivity contribution in [3.63, 3.8) is 0 Å². The van der Waals surface area contributed by atoms with E-state index in [4.69, 9.17) is 14.4 Å². The molecular weight excluding hydrogens is 300 g/mol. The second-order valence-electron chi connectivity index (χ2n) is 5.10. The predicted octanol–water partition coefficient (Wildman–Crippen LogP) is 1.78. The van der Waals surface area contributed by atoms with Crippen LogP contribution >= 0.6 is 0 Å². The minimum Gasteiger partial charge on any atom is -0.497 e. The Morgan fingerprint density at radius 3 is 2.87 bits per heavy atom. The van der Waals surface area contributed by atoms with Crippen molar-refractivity contribution >= 4 is 11.9 Å². The molecular formula is C16H14N2O5. The molecule has 0 aliphatic heterocycles. The first-order chi connectivity index (χ1) is 11.0. The van der Waals surface area contributed by atoms with Gasteiger partial charge in [-0.15, -0.1) is 0 Å². The number of nitrogens with one attached hydrogen (secondary N) is 1. The number of aromatic nitrogens is 1. The van der Waals surface area contributed by atoms with Crippen LogP contribution in [0.25, 0.3) is 11.3 Å². The number of ether oxygens (including phenoxy) is 1. The number of rotatable bonds is 4. The average molecular weight is 314 g/mol. The number of hydrogen-bond donors (Lipinski definition) is 2. The Hall–Kier alpha value is -3.09. The van der Waals surface area contributed by atoms with Gasteiger partial charge in [-0.05, 0) is 36.6 Å². The van der Waals surface area contributed by atoms with Gasteiger partial charge in [0.05, 0.1) is 7.11 Å². The zero-order chi connectivity index (χ0) is 16.6. The van der Waals surface area contributed by atoms with Crippen LogP contribution in [-0.2, 0) is 17.6 Å². The fraction of sp³-hybridized carbons (Fsp3) is 0.188. The highest BCUT2D eigenvalue weighted by molar-refractivity contribution is 6.01. The summed E-state index contributed by atoms with van der Waals surface area (Å²) in [7, 11) is 1.60. The molecule has 0 saturated heterocycles. The van der Waals surface area contributed by atoms with Crippen LogP contribution in [0.2, 0.25) is 0 Å². The molecule has 2 N–H and O–H groups in total. The maximum Gasteiger partial charge on any atom is 0.351 e. The third-order valence-electron chi connectivity index (χ3n) is 3.73. The van der Waals surface area contributed by atoms with Gasteiger partial charge in [-0.25, -0.2) is 4.79 Å². The van der Waals surface area contributed by atoms with Crippen molar-refractivity contribution in [1.29, 1.82) is 0 Å². The van der Waals surface area contributed by atoms with E-state index in [0.717, 1.165) is 16.9 Å². The zero-order valence-corrected chi connectivity index (χ0v) is 12.4. The molecule has 1 amide bonds. The van der Waals surface area contributed by atoms with E-state index in [1.165, 1.54) is 0 Å². The molecule has 1 aliphatic rings. The third kappa shape index (κ3) is 2.57. The van der Waals surface area contributed by atoms with Crippen LogP contribution in [0.15, 0.2) is 35.0 Å². The number of carbonyl (C=O) groups is 2. The van der Waals surface area contributed by atoms with Gasteiger partial charge in [0.1, 0.15) is 11.4 Å². The summed E-state index contributed by atoms with van der Waals surface area (Å²) in [5.74, 6) is -0.657. The number of aliphatic carboxylic acids is 1. The molecule has 2 aromatic rings. The van der Waals surface area contributed by atoms with Gasteiger partial charge in [0, 0.05) is 11.1 Å². The highest BCUT2D eigenvalue weighted by atomic mass is 16.5. The maximum atomic E-state index is 12.1. The molecule has 0 saturated carbocycles. The van der Waals surface area contributed by atoms with Crippen molar-refractivity contribution in [1.82, 2.24) is 10.5 Å². The monoisotopic (exact) mass is 314 g/mol. The van der Waals surface area contributed by atoms with Gasteiger partial charge in [-0.2, -0.15) is 0 Å². The lowest BCUT2D eigenvalue weighted by molar-refractivity contribution is -0.132. The number of benzene rings is 1. The van der Waals surface area contributed by atoms with Crippen LogP contribution in [0.5, 0.6) is 5.75 Å². The Morgan fingerprint density at radius 2 is 2.17 bits per heavy atom. The number of fused-ring (bicyclic) bond motifs is 3. The Balaban J connectivity index is 1.94. The van der Waals surface area contributed by atoms with Crippen LogP contribution in [0, 0.1) is 0 Å². The lowest BCUT2D eigenvalue weighted by atomic mass is 9.89. The first-order valence-electron chi connectivity index (χ1n) is 6.90. The number of carboxylic acids is 1. The summed E-state index contributed by atoms with van der Waals surface area (Å²) in [5.41, 5.74) is 2.25. The third-order valence-corrected chi connectivity index (χ3v) is 3.73. The van der Waals surface area contributed by atoms with Crippen LogP contribution < -0.4 is 10.1 Å². The minimum atomic E-state index is -1.30. The zero-order valence-electron chi connectivity index (χ0n) is 12.4. The first kappa shape index (κ1) is 14.8. The molecule has 7 nitrogen and oxygen atoms in total. The average Bonchev–Trinajstić information content (AvgIpc) is 2.98. The van der Waals surface area contributed by atoms with E-state index in [-0.39, 0.29) is 5.69 Å². The summed E-state index contributed by atoms with van der Waals surface area (Å²) in [6, 6.07) is 5.59. The molecule has 0 fully saturated rings. The maximum absolute atomic E-state index is 12.1. The fourth-order valence-corrected chi connectivity index (χ4v) is 2.57. The molecule has 0 radical (unpaired) electrons. The predicted molar refractivity (Wildman–Crippen MR) is 80.1 cm³/mol. The Kier molecular flexibility index (Phi) is 3.61. The Bertz CT molecular complexity index is 822. The second kappa shape index (κ2) is 5.60. The number of carbonyl (C=O) groups excluding carboxylic acids is 1. The van der Waals surface area contributed by atoms with Crippen LogP contribution in [0.1, 0.15) is 21.6 Å². The Morgan fingerprint density at radius 1 is 1.39 bits per heavy atom. The molecule has 0 atom stereocenters. The molecule has 1 aliphatic carbocycles. The van der Waals surface area contributed by atoms with Crippen LogP contribution in [0.3, 0.4) is 0 Å². The van der Waals surface area contributed by atoms with E-state index >= 15 is 0 Å². The summed E-state index contributed by atoms with van der Waals surface area (Å²) in [6.07, 6.45) is 1.28. The topological polar surface area (TPSA) is 102 Å². The Labute approximate surface area is 131 Å². The van der Waals surface area contributed by atoms with Gasteiger partial charge in [-0.1, -0.05) is 11.7 Å². The summed E-state index contributed by atoms with van der Waals surface area (Å²) >= 11 is 0. The van der Waals surface area contributed by atoms with Crippen LogP contribution in [-0.4, -0.2) is 29.2 Å². The van der Waals surface area contributed by atoms with Gasteiger partial charge in [0.2, 0.25) is 0 Å². The number of amides is 1. The molecule has 1 heterocycles. The van der Waals surface area contributed by atoms with Crippen molar-refractivity contribution in [2.45, 2.75) is 12.8 Å². The molecule has 7 heteroatoms. The molecule has 0 bridgehead atoms. The van der Waals surface area contributed by atoms with Crippen molar-refractivity contribution in [2.24, 2.45) is 0 Å². The normalized spacial score (nSPS) is 12.0. The fourth-order valence-electron chi connectivity index (χ4n) is 2.57. The number of nitrogens with zero attached hydrogens (tertiary/aromatic N) is 1. The van der Waals surface area contributed by atoms with E-state index in [1.54, 1.807) is 7.11 Å². The van der Waals surface area contributed by atoms with Gasteiger partial charge >= 0.3 is 5.97 Å². The number of carboxylic acid groups (broad SMARTS) is 1. The molecule has 0 spiro atoms. The van der Waals surface area contributed by atoms with Gasteiger partial charge in [0.15, 0.2) is 11.5 Å². The number of aryl methyl sites for hydroxylation is 1. The van der Waals surface area contributed by atoms with E-state index in [9.17, 15) is 9.59 Å². The SMILES string of the molecule is C=C(NC(=O)c1noc2c1CCc1cc(OC)ccc1-2)C(=O)O. The second-order valence-corrected chi connectivity index (χ2v) is 5.10. The first-order valence-corrected chi connectivity index (χ1v) is 6.90. The summed E-state index contributed by atoms with van der Waals surface area (Å²) in [6.45, 7) is 3.27. The lowest BCUT2D eigenvalue weighted by Gasteiger charge is -2.15. The van der Waals surface area contributed by atoms with Gasteiger partial charge in [0.25, 0.3) is 5.91 Å². The van der Waals surface area contributed by atoms with Crippen molar-refractivity contribution < 1.29 is 24.0 Å². The number of hydrogen-bond acceptors (Lipinski definition) is 5. The van der Waals surface area contributed by atoms with Gasteiger partial charge < -0.3 is 19.7 Å². The van der Waals surface area contributed by atoms with Gasteiger partial charge in [-0.3, -0.25) is 4.79 Å². The van der Waals surface area contributed by atoms with E-state index in [2.05, 4.69) is 17.1 Å². The van der Waals surface area contributed by atoms with Crippen LogP contribution in [0.4, 0.5) is 0 Å². The standard InChI is InChI=1S/C16H14N2O5/c1-8(16(20)21)17-15(19)13-12-5-3-9-7-10(22-2)4-6-11(9)14(12)23-18-13/h4,6-7H,1,3,5H2,2H3,(H,17,19)(H,20,21). The van der Waals surface area contributed by atoms with E-state index < -0.39 is 17.6 Å². The molecule has 3 rings (SSSR count). The van der Waals surface area contributed by atoms with Crippen molar-refractivity contribution in [3.8, 4) is 17.1 Å². The molecule has 1 aromatic carbocycles. The smallest absolute Gasteiger partial charge is 0.351 e. The largest absolute Gasteiger partial charge is 0.497 e. The lowest BCUT2D eigenvalue weighted by Crippen LogP contribution is -2.27. The van der Waals surface area contributed by atoms with Crippen molar-refractivity contribution in [3.05, 3.63) is 47.3 Å². The highest BCUT2D eigenvalue weighted by Gasteiger charge is 2.28. The quantitative estimate of drug-likeness (QED) is 0.834. The highest BCUT2D eigenvalue weighted by Crippen LogP contribution is 2.36. The van der Waals surface area contributed by atoms with E-state index in [1.807, 2.05) is 18.2 Å². The van der Waals surface area contributed by atoms with Crippen molar-refractivity contribution in [2.75, 3.05) is 7.11 Å². The minimum absolute atomic E-state index is 0.0869. The molecule has 23 heavy (non-hydrogen) atoms. The summed E-state index contributed by atoms with van der Waals surface area (Å²) in [4.78, 5) is 22.9. The number of methoxy groups -OCH3 is 1. The summed E-state index contributed by atoms with van der Waals surface area (Å²) in [5, 5.41) is 14.8. The molecule has 118 valence electrons. The molecule has 1 aromatic heterocycles.